The van der Waals surface area contributed by atoms with Crippen LogP contribution >= 0.6 is 23.4 Å². The number of thioether (sulfide) groups is 1. The summed E-state index contributed by atoms with van der Waals surface area (Å²) >= 11 is 7.37. The summed E-state index contributed by atoms with van der Waals surface area (Å²) in [5.41, 5.74) is 4.38. The van der Waals surface area contributed by atoms with E-state index in [9.17, 15) is 22.4 Å². The van der Waals surface area contributed by atoms with E-state index in [1.54, 1.807) is 26.0 Å². The second kappa shape index (κ2) is 10.8. The van der Waals surface area contributed by atoms with Crippen molar-refractivity contribution in [2.45, 2.75) is 36.1 Å². The van der Waals surface area contributed by atoms with Gasteiger partial charge in [-0.2, -0.15) is 0 Å². The molecule has 0 atom stereocenters. The molecule has 0 saturated heterocycles. The second-order valence-corrected chi connectivity index (χ2v) is 9.76. The number of hydrazine groups is 1. The first-order valence-electron chi connectivity index (χ1n) is 8.88. The molecule has 0 aliphatic rings. The predicted octanol–water partition coefficient (Wildman–Crippen LogP) is 3.11. The van der Waals surface area contributed by atoms with E-state index in [4.69, 9.17) is 11.6 Å². The third kappa shape index (κ3) is 7.28. The topological polar surface area (TPSA) is 104 Å². The number of hydrogen-bond acceptors (Lipinski definition) is 5. The molecule has 0 saturated carbocycles. The lowest BCUT2D eigenvalue weighted by molar-refractivity contribution is -0.121. The Morgan fingerprint density at radius 2 is 1.77 bits per heavy atom. The predicted molar refractivity (Wildman–Crippen MR) is 114 cm³/mol. The highest BCUT2D eigenvalue weighted by Crippen LogP contribution is 2.21. The molecule has 0 aliphatic carbocycles. The maximum absolute atomic E-state index is 12.9. The molecular weight excluding hydrogens is 453 g/mol. The Morgan fingerprint density at radius 3 is 2.40 bits per heavy atom. The standard InChI is InChI=1S/C19H21ClFN3O4S2/c1-12(2)24-30(27,28)15-7-8-17(20)16(11-15)19(26)23-22-18(25)9-10-29-14-5-3-13(21)4-6-14/h3-8,11-12,24H,9-10H2,1-2H3,(H,22,25)(H,23,26). The Labute approximate surface area is 183 Å². The molecule has 2 aromatic carbocycles. The SMILES string of the molecule is CC(C)NS(=O)(=O)c1ccc(Cl)c(C(=O)NNC(=O)CCSc2ccc(F)cc2)c1. The Morgan fingerprint density at radius 1 is 1.10 bits per heavy atom. The minimum atomic E-state index is -3.81. The van der Waals surface area contributed by atoms with Crippen LogP contribution in [0.4, 0.5) is 4.39 Å². The highest BCUT2D eigenvalue weighted by Gasteiger charge is 2.19. The minimum Gasteiger partial charge on any atom is -0.273 e. The monoisotopic (exact) mass is 473 g/mol. The minimum absolute atomic E-state index is 0.0390. The van der Waals surface area contributed by atoms with Crippen molar-refractivity contribution in [1.29, 1.82) is 0 Å². The zero-order valence-corrected chi connectivity index (χ0v) is 18.6. The van der Waals surface area contributed by atoms with Crippen LogP contribution < -0.4 is 15.6 Å². The Kier molecular flexibility index (Phi) is 8.65. The van der Waals surface area contributed by atoms with Crippen LogP contribution in [0.15, 0.2) is 52.3 Å². The van der Waals surface area contributed by atoms with Crippen LogP contribution in [0.1, 0.15) is 30.6 Å². The lowest BCUT2D eigenvalue weighted by atomic mass is 10.2. The highest BCUT2D eigenvalue weighted by atomic mass is 35.5. The van der Waals surface area contributed by atoms with Crippen LogP contribution in [-0.2, 0) is 14.8 Å². The average Bonchev–Trinajstić information content (AvgIpc) is 2.67. The fourth-order valence-electron chi connectivity index (χ4n) is 2.27. The Hall–Kier alpha value is -2.14. The molecule has 0 unspecified atom stereocenters. The lowest BCUT2D eigenvalue weighted by Crippen LogP contribution is -2.42. The van der Waals surface area contributed by atoms with Crippen LogP contribution in [0.2, 0.25) is 5.02 Å². The van der Waals surface area contributed by atoms with Gasteiger partial charge in [0.2, 0.25) is 15.9 Å². The van der Waals surface area contributed by atoms with Crippen LogP contribution in [0.5, 0.6) is 0 Å². The quantitative estimate of drug-likeness (QED) is 0.403. The van der Waals surface area contributed by atoms with Gasteiger partial charge in [0, 0.05) is 23.1 Å². The highest BCUT2D eigenvalue weighted by molar-refractivity contribution is 7.99. The largest absolute Gasteiger partial charge is 0.273 e. The molecule has 2 rings (SSSR count). The molecular formula is C19H21ClFN3O4S2. The molecule has 3 N–H and O–H groups in total. The smallest absolute Gasteiger partial charge is 0.271 e. The summed E-state index contributed by atoms with van der Waals surface area (Å²) in [6.07, 6.45) is 0.1000. The maximum Gasteiger partial charge on any atom is 0.271 e. The summed E-state index contributed by atoms with van der Waals surface area (Å²) in [4.78, 5) is 24.9. The molecule has 0 heterocycles. The summed E-state index contributed by atoms with van der Waals surface area (Å²) in [5.74, 6) is -1.11. The third-order valence-corrected chi connectivity index (χ3v) is 6.61. The molecule has 30 heavy (non-hydrogen) atoms. The van der Waals surface area contributed by atoms with Crippen LogP contribution in [0.25, 0.3) is 0 Å². The molecule has 162 valence electrons. The van der Waals surface area contributed by atoms with Crippen molar-refractivity contribution < 1.29 is 22.4 Å². The Bertz CT molecular complexity index is 1010. The normalized spacial score (nSPS) is 11.4. The van der Waals surface area contributed by atoms with Gasteiger partial charge >= 0.3 is 0 Å². The number of amides is 2. The maximum atomic E-state index is 12.9. The number of halogens is 2. The van der Waals surface area contributed by atoms with E-state index in [-0.39, 0.29) is 33.8 Å². The molecule has 0 radical (unpaired) electrons. The third-order valence-electron chi connectivity index (χ3n) is 3.61. The fraction of sp³-hybridized carbons (Fsp3) is 0.263. The van der Waals surface area contributed by atoms with Crippen molar-refractivity contribution in [2.24, 2.45) is 0 Å². The van der Waals surface area contributed by atoms with E-state index in [2.05, 4.69) is 15.6 Å². The van der Waals surface area contributed by atoms with E-state index in [0.717, 1.165) is 11.0 Å². The first-order valence-corrected chi connectivity index (χ1v) is 11.7. The zero-order valence-electron chi connectivity index (χ0n) is 16.2. The van der Waals surface area contributed by atoms with Gasteiger partial charge in [0.05, 0.1) is 15.5 Å². The van der Waals surface area contributed by atoms with Gasteiger partial charge in [0.15, 0.2) is 0 Å². The van der Waals surface area contributed by atoms with Crippen LogP contribution in [0, 0.1) is 5.82 Å². The fourth-order valence-corrected chi connectivity index (χ4v) is 4.60. The van der Waals surface area contributed by atoms with E-state index in [1.807, 2.05) is 0 Å². The summed E-state index contributed by atoms with van der Waals surface area (Å²) in [6, 6.07) is 9.28. The van der Waals surface area contributed by atoms with Gasteiger partial charge in [0.25, 0.3) is 5.91 Å². The van der Waals surface area contributed by atoms with Crippen molar-refractivity contribution in [2.75, 3.05) is 5.75 Å². The molecule has 0 bridgehead atoms. The van der Waals surface area contributed by atoms with Gasteiger partial charge in [0.1, 0.15) is 5.82 Å². The summed E-state index contributed by atoms with van der Waals surface area (Å²) < 4.78 is 39.8. The van der Waals surface area contributed by atoms with E-state index < -0.39 is 21.8 Å². The molecule has 2 amide bonds. The molecule has 11 heteroatoms. The molecule has 0 spiro atoms. The second-order valence-electron chi connectivity index (χ2n) is 6.47. The lowest BCUT2D eigenvalue weighted by Gasteiger charge is -2.12. The van der Waals surface area contributed by atoms with E-state index in [0.29, 0.717) is 5.75 Å². The number of sulfonamides is 1. The van der Waals surface area contributed by atoms with E-state index >= 15 is 0 Å². The van der Waals surface area contributed by atoms with Gasteiger partial charge in [-0.3, -0.25) is 20.4 Å². The molecule has 0 aromatic heterocycles. The van der Waals surface area contributed by atoms with Crippen molar-refractivity contribution in [3.05, 3.63) is 58.9 Å². The summed E-state index contributed by atoms with van der Waals surface area (Å²) in [6.45, 7) is 3.34. The van der Waals surface area contributed by atoms with Crippen molar-refractivity contribution in [3.8, 4) is 0 Å². The van der Waals surface area contributed by atoms with Gasteiger partial charge in [-0.15, -0.1) is 11.8 Å². The van der Waals surface area contributed by atoms with Gasteiger partial charge in [-0.25, -0.2) is 17.5 Å². The summed E-state index contributed by atoms with van der Waals surface area (Å²) in [7, 11) is -3.81. The van der Waals surface area contributed by atoms with Gasteiger partial charge in [-0.1, -0.05) is 11.6 Å². The molecule has 2 aromatic rings. The van der Waals surface area contributed by atoms with Crippen molar-refractivity contribution in [1.82, 2.24) is 15.6 Å². The zero-order chi connectivity index (χ0) is 22.3. The number of hydrogen-bond donors (Lipinski definition) is 3. The number of carbonyl (C=O) groups is 2. The average molecular weight is 474 g/mol. The van der Waals surface area contributed by atoms with Gasteiger partial charge in [-0.05, 0) is 56.3 Å². The molecule has 0 aliphatic heterocycles. The summed E-state index contributed by atoms with van der Waals surface area (Å²) in [5, 5.41) is 0.0390. The van der Waals surface area contributed by atoms with Crippen molar-refractivity contribution in [3.63, 3.8) is 0 Å². The first-order chi connectivity index (χ1) is 14.1. The van der Waals surface area contributed by atoms with Crippen LogP contribution in [-0.4, -0.2) is 32.0 Å². The van der Waals surface area contributed by atoms with Crippen molar-refractivity contribution >= 4 is 45.2 Å². The number of nitrogens with one attached hydrogen (secondary N) is 3. The Balaban J connectivity index is 1.91. The number of rotatable bonds is 8. The molecule has 7 nitrogen and oxygen atoms in total. The molecule has 0 fully saturated rings. The van der Waals surface area contributed by atoms with E-state index in [1.165, 1.54) is 36.0 Å². The number of benzene rings is 2. The number of carbonyl (C=O) groups excluding carboxylic acids is 2. The first kappa shape index (κ1) is 24.1. The van der Waals surface area contributed by atoms with Gasteiger partial charge < -0.3 is 0 Å². The van der Waals surface area contributed by atoms with Crippen LogP contribution in [0.3, 0.4) is 0 Å².